The number of hydrogen-bond donors (Lipinski definition) is 0. The Hall–Kier alpha value is -0.500. The molecule has 3 heteroatoms. The van der Waals surface area contributed by atoms with Crippen molar-refractivity contribution in [2.75, 3.05) is 13.1 Å². The molecule has 0 saturated carbocycles. The van der Waals surface area contributed by atoms with Crippen LogP contribution in [0.5, 0.6) is 0 Å². The lowest BCUT2D eigenvalue weighted by molar-refractivity contribution is 0.222. The fraction of sp³-hybridized carbons (Fsp3) is 0.667. The molecule has 2 nitrogen and oxygen atoms in total. The van der Waals surface area contributed by atoms with Gasteiger partial charge in [0.15, 0.2) is 0 Å². The highest BCUT2D eigenvalue weighted by molar-refractivity contribution is 6.62. The van der Waals surface area contributed by atoms with Crippen LogP contribution in [0.2, 0.25) is 0 Å². The molecule has 0 aromatic carbocycles. The summed E-state index contributed by atoms with van der Waals surface area (Å²) in [6.45, 7) is 7.12. The predicted octanol–water partition coefficient (Wildman–Crippen LogP) is 3.02. The van der Waals surface area contributed by atoms with E-state index in [0.717, 1.165) is 25.8 Å². The molecular formula is C9H16ClNO. The molecule has 0 spiro atoms. The molecule has 0 atom stereocenters. The van der Waals surface area contributed by atoms with Gasteiger partial charge in [0.05, 0.1) is 0 Å². The van der Waals surface area contributed by atoms with Gasteiger partial charge in [0.1, 0.15) is 0 Å². The summed E-state index contributed by atoms with van der Waals surface area (Å²) in [4.78, 5) is 12.5. The van der Waals surface area contributed by atoms with Gasteiger partial charge in [-0.15, -0.1) is 6.58 Å². The van der Waals surface area contributed by atoms with Crippen LogP contribution >= 0.6 is 11.6 Å². The maximum absolute atomic E-state index is 10.8. The average molecular weight is 190 g/mol. The molecule has 0 bridgehead atoms. The second-order valence-electron chi connectivity index (χ2n) is 2.67. The topological polar surface area (TPSA) is 20.3 Å². The van der Waals surface area contributed by atoms with E-state index in [0.29, 0.717) is 6.54 Å². The zero-order valence-electron chi connectivity index (χ0n) is 7.55. The minimum Gasteiger partial charge on any atom is -0.329 e. The monoisotopic (exact) mass is 189 g/mol. The molecule has 0 rings (SSSR count). The Morgan fingerprint density at radius 2 is 2.25 bits per heavy atom. The minimum absolute atomic E-state index is 0.356. The van der Waals surface area contributed by atoms with Crippen molar-refractivity contribution in [2.45, 2.75) is 26.2 Å². The Kier molecular flexibility index (Phi) is 6.87. The first kappa shape index (κ1) is 11.5. The van der Waals surface area contributed by atoms with Crippen LogP contribution in [0.25, 0.3) is 0 Å². The van der Waals surface area contributed by atoms with Crippen LogP contribution in [0.15, 0.2) is 12.7 Å². The third-order valence-electron chi connectivity index (χ3n) is 1.63. The Morgan fingerprint density at radius 3 is 2.67 bits per heavy atom. The highest BCUT2D eigenvalue weighted by Gasteiger charge is 2.07. The van der Waals surface area contributed by atoms with Gasteiger partial charge < -0.3 is 4.90 Å². The highest BCUT2D eigenvalue weighted by atomic mass is 35.5. The smallest absolute Gasteiger partial charge is 0.316 e. The van der Waals surface area contributed by atoms with Gasteiger partial charge in [0, 0.05) is 13.1 Å². The van der Waals surface area contributed by atoms with Gasteiger partial charge in [-0.3, -0.25) is 4.79 Å². The Balaban J connectivity index is 3.69. The fourth-order valence-electron chi connectivity index (χ4n) is 0.884. The molecule has 0 N–H and O–H groups in total. The van der Waals surface area contributed by atoms with Crippen molar-refractivity contribution >= 4 is 17.0 Å². The average Bonchev–Trinajstić information content (AvgIpc) is 2.04. The largest absolute Gasteiger partial charge is 0.329 e. The van der Waals surface area contributed by atoms with E-state index in [1.165, 1.54) is 0 Å². The Bertz CT molecular complexity index is 147. The zero-order valence-corrected chi connectivity index (χ0v) is 8.31. The van der Waals surface area contributed by atoms with Gasteiger partial charge in [0.2, 0.25) is 0 Å². The summed E-state index contributed by atoms with van der Waals surface area (Å²) < 4.78 is 0. The van der Waals surface area contributed by atoms with Crippen LogP contribution in [0, 0.1) is 0 Å². The number of carbonyl (C=O) groups is 1. The standard InChI is InChI=1S/C9H16ClNO/c1-3-5-7-11(9(10)12)8-6-4-2/h3H,1,4-8H2,2H3. The quantitative estimate of drug-likeness (QED) is 0.357. The van der Waals surface area contributed by atoms with E-state index in [-0.39, 0.29) is 5.37 Å². The highest BCUT2D eigenvalue weighted by Crippen LogP contribution is 2.01. The number of rotatable bonds is 6. The molecule has 0 aromatic rings. The molecule has 0 heterocycles. The van der Waals surface area contributed by atoms with E-state index >= 15 is 0 Å². The van der Waals surface area contributed by atoms with E-state index in [9.17, 15) is 4.79 Å². The molecule has 0 radical (unpaired) electrons. The van der Waals surface area contributed by atoms with Crippen LogP contribution in [0.3, 0.4) is 0 Å². The minimum atomic E-state index is -0.356. The molecule has 0 unspecified atom stereocenters. The number of hydrogen-bond acceptors (Lipinski definition) is 1. The molecule has 70 valence electrons. The van der Waals surface area contributed by atoms with Crippen molar-refractivity contribution in [3.63, 3.8) is 0 Å². The number of nitrogens with zero attached hydrogens (tertiary/aromatic N) is 1. The fourth-order valence-corrected chi connectivity index (χ4v) is 1.05. The van der Waals surface area contributed by atoms with E-state index in [4.69, 9.17) is 11.6 Å². The first-order valence-corrected chi connectivity index (χ1v) is 4.65. The van der Waals surface area contributed by atoms with Crippen molar-refractivity contribution in [3.05, 3.63) is 12.7 Å². The van der Waals surface area contributed by atoms with Crippen molar-refractivity contribution in [2.24, 2.45) is 0 Å². The summed E-state index contributed by atoms with van der Waals surface area (Å²) in [5.74, 6) is 0. The lowest BCUT2D eigenvalue weighted by Gasteiger charge is -2.17. The van der Waals surface area contributed by atoms with E-state index in [1.54, 1.807) is 11.0 Å². The third kappa shape index (κ3) is 5.19. The van der Waals surface area contributed by atoms with Gasteiger partial charge in [-0.1, -0.05) is 19.4 Å². The number of halogens is 1. The van der Waals surface area contributed by atoms with Gasteiger partial charge in [-0.2, -0.15) is 0 Å². The zero-order chi connectivity index (χ0) is 9.40. The molecule has 1 amide bonds. The van der Waals surface area contributed by atoms with Crippen molar-refractivity contribution < 1.29 is 4.79 Å². The van der Waals surface area contributed by atoms with Crippen LogP contribution in [0.4, 0.5) is 4.79 Å². The van der Waals surface area contributed by atoms with Gasteiger partial charge >= 0.3 is 5.37 Å². The lowest BCUT2D eigenvalue weighted by Crippen LogP contribution is -2.28. The van der Waals surface area contributed by atoms with Crippen LogP contribution in [0.1, 0.15) is 26.2 Å². The summed E-state index contributed by atoms with van der Waals surface area (Å²) in [6.07, 6.45) is 4.69. The number of carbonyl (C=O) groups excluding carboxylic acids is 1. The third-order valence-corrected chi connectivity index (χ3v) is 1.87. The van der Waals surface area contributed by atoms with Gasteiger partial charge in [-0.05, 0) is 24.4 Å². The van der Waals surface area contributed by atoms with Crippen molar-refractivity contribution in [3.8, 4) is 0 Å². The summed E-state index contributed by atoms with van der Waals surface area (Å²) >= 11 is 5.37. The first-order valence-electron chi connectivity index (χ1n) is 4.27. The molecule has 0 aliphatic heterocycles. The summed E-state index contributed by atoms with van der Waals surface area (Å²) in [5.41, 5.74) is 0. The first-order chi connectivity index (χ1) is 5.72. The predicted molar refractivity (Wildman–Crippen MR) is 52.5 cm³/mol. The SMILES string of the molecule is C=CCCN(CCCC)C(=O)Cl. The summed E-state index contributed by atoms with van der Waals surface area (Å²) in [7, 11) is 0. The van der Waals surface area contributed by atoms with Crippen molar-refractivity contribution in [1.29, 1.82) is 0 Å². The number of amides is 1. The van der Waals surface area contributed by atoms with Gasteiger partial charge in [0.25, 0.3) is 0 Å². The molecule has 0 aromatic heterocycles. The van der Waals surface area contributed by atoms with Crippen LogP contribution in [-0.4, -0.2) is 23.4 Å². The molecular weight excluding hydrogens is 174 g/mol. The van der Waals surface area contributed by atoms with Crippen LogP contribution in [-0.2, 0) is 0 Å². The van der Waals surface area contributed by atoms with Crippen molar-refractivity contribution in [1.82, 2.24) is 4.90 Å². The summed E-state index contributed by atoms with van der Waals surface area (Å²) in [6, 6.07) is 0. The lowest BCUT2D eigenvalue weighted by atomic mass is 10.3. The summed E-state index contributed by atoms with van der Waals surface area (Å²) in [5, 5.41) is -0.356. The maximum atomic E-state index is 10.8. The second-order valence-corrected chi connectivity index (χ2v) is 2.99. The Labute approximate surface area is 79.2 Å². The molecule has 0 aliphatic carbocycles. The maximum Gasteiger partial charge on any atom is 0.316 e. The van der Waals surface area contributed by atoms with Crippen LogP contribution < -0.4 is 0 Å². The van der Waals surface area contributed by atoms with E-state index in [1.807, 2.05) is 0 Å². The normalized spacial score (nSPS) is 9.50. The molecule has 0 saturated heterocycles. The Morgan fingerprint density at radius 1 is 1.58 bits per heavy atom. The number of unbranched alkanes of at least 4 members (excludes halogenated alkanes) is 1. The molecule has 0 aliphatic rings. The van der Waals surface area contributed by atoms with E-state index < -0.39 is 0 Å². The molecule has 0 fully saturated rings. The van der Waals surface area contributed by atoms with E-state index in [2.05, 4.69) is 13.5 Å². The van der Waals surface area contributed by atoms with Gasteiger partial charge in [-0.25, -0.2) is 0 Å². The molecule has 12 heavy (non-hydrogen) atoms. The second kappa shape index (κ2) is 7.17.